The van der Waals surface area contributed by atoms with Crippen LogP contribution < -0.4 is 21.7 Å². The first-order valence-corrected chi connectivity index (χ1v) is 12.0. The van der Waals surface area contributed by atoms with Gasteiger partial charge < -0.3 is 4.57 Å². The van der Waals surface area contributed by atoms with Crippen LogP contribution in [0.2, 0.25) is 0 Å². The van der Waals surface area contributed by atoms with Crippen molar-refractivity contribution in [2.75, 3.05) is 0 Å². The standard InChI is InChI=1S/C24H25N7O3S/c1-4-30-14-25-21-20(30)22(32)27-23(33)31(21)13-16-7-5-15(6-8-16)12-26-35-17-9-10-18-19(11-17)29(3)24(34)28(18)2/h5-11,14,26H,4,12-13H2,1-3H3,(H,27,32,33). The maximum atomic E-state index is 12.4. The lowest BCUT2D eigenvalue weighted by Gasteiger charge is -2.09. The second-order valence-electron chi connectivity index (χ2n) is 8.34. The van der Waals surface area contributed by atoms with E-state index in [9.17, 15) is 14.4 Å². The maximum Gasteiger partial charge on any atom is 0.330 e. The first-order valence-electron chi connectivity index (χ1n) is 11.2. The van der Waals surface area contributed by atoms with E-state index in [0.29, 0.717) is 30.8 Å². The van der Waals surface area contributed by atoms with Gasteiger partial charge in [-0.05, 0) is 48.2 Å². The van der Waals surface area contributed by atoms with Crippen LogP contribution in [0.1, 0.15) is 18.1 Å². The molecule has 0 atom stereocenters. The molecule has 2 aromatic carbocycles. The van der Waals surface area contributed by atoms with Gasteiger partial charge >= 0.3 is 11.4 Å². The summed E-state index contributed by atoms with van der Waals surface area (Å²) in [7, 11) is 3.54. The molecular weight excluding hydrogens is 466 g/mol. The van der Waals surface area contributed by atoms with Crippen molar-refractivity contribution in [3.63, 3.8) is 0 Å². The molecule has 2 N–H and O–H groups in total. The van der Waals surface area contributed by atoms with E-state index in [1.54, 1.807) is 34.1 Å². The molecule has 0 saturated heterocycles. The lowest BCUT2D eigenvalue weighted by molar-refractivity contribution is 0.742. The van der Waals surface area contributed by atoms with Gasteiger partial charge in [0.15, 0.2) is 11.2 Å². The van der Waals surface area contributed by atoms with E-state index in [0.717, 1.165) is 27.1 Å². The second kappa shape index (κ2) is 9.08. The van der Waals surface area contributed by atoms with Gasteiger partial charge in [-0.3, -0.25) is 28.2 Å². The van der Waals surface area contributed by atoms with Crippen LogP contribution in [0.3, 0.4) is 0 Å². The lowest BCUT2D eigenvalue weighted by atomic mass is 10.1. The fourth-order valence-electron chi connectivity index (χ4n) is 4.21. The number of aromatic nitrogens is 6. The molecule has 3 aromatic heterocycles. The molecule has 0 saturated carbocycles. The van der Waals surface area contributed by atoms with Crippen LogP contribution >= 0.6 is 11.9 Å². The molecule has 10 nitrogen and oxygen atoms in total. The largest absolute Gasteiger partial charge is 0.330 e. The number of nitrogens with one attached hydrogen (secondary N) is 2. The summed E-state index contributed by atoms with van der Waals surface area (Å²) in [5.41, 5.74) is 3.66. The molecule has 0 aliphatic rings. The highest BCUT2D eigenvalue weighted by Crippen LogP contribution is 2.21. The fourth-order valence-corrected chi connectivity index (χ4v) is 4.92. The molecule has 0 aliphatic carbocycles. The van der Waals surface area contributed by atoms with Crippen molar-refractivity contribution in [1.82, 2.24) is 33.0 Å². The molecule has 0 fully saturated rings. The van der Waals surface area contributed by atoms with Gasteiger partial charge in [0, 0.05) is 32.1 Å². The number of benzene rings is 2. The van der Waals surface area contributed by atoms with E-state index in [1.165, 1.54) is 16.5 Å². The van der Waals surface area contributed by atoms with Gasteiger partial charge in [-0.2, -0.15) is 0 Å². The van der Waals surface area contributed by atoms with Gasteiger partial charge in [-0.1, -0.05) is 24.3 Å². The number of fused-ring (bicyclic) bond motifs is 2. The van der Waals surface area contributed by atoms with E-state index in [4.69, 9.17) is 0 Å². The highest BCUT2D eigenvalue weighted by Gasteiger charge is 2.13. The highest BCUT2D eigenvalue weighted by atomic mass is 32.2. The molecule has 5 aromatic rings. The topological polar surface area (TPSA) is 112 Å². The molecule has 11 heteroatoms. The van der Waals surface area contributed by atoms with E-state index < -0.39 is 11.2 Å². The Morgan fingerprint density at radius 1 is 0.971 bits per heavy atom. The summed E-state index contributed by atoms with van der Waals surface area (Å²) in [5, 5.41) is 0. The van der Waals surface area contributed by atoms with Crippen molar-refractivity contribution in [3.8, 4) is 0 Å². The molecule has 35 heavy (non-hydrogen) atoms. The third-order valence-electron chi connectivity index (χ3n) is 6.17. The average molecular weight is 492 g/mol. The van der Waals surface area contributed by atoms with Gasteiger partial charge in [0.1, 0.15) is 0 Å². The first-order chi connectivity index (χ1) is 16.9. The second-order valence-corrected chi connectivity index (χ2v) is 9.30. The highest BCUT2D eigenvalue weighted by molar-refractivity contribution is 7.97. The fraction of sp³-hybridized carbons (Fsp3) is 0.250. The van der Waals surface area contributed by atoms with Crippen molar-refractivity contribution in [1.29, 1.82) is 0 Å². The van der Waals surface area contributed by atoms with Crippen LogP contribution in [0.15, 0.2) is 68.1 Å². The SMILES string of the molecule is CCn1cnc2c1c(=O)[nH]c(=O)n2Cc1ccc(CNSc2ccc3c(c2)n(C)c(=O)n3C)cc1. The van der Waals surface area contributed by atoms with Crippen LogP contribution in [0.4, 0.5) is 0 Å². The summed E-state index contributed by atoms with van der Waals surface area (Å²) >= 11 is 1.51. The Kier molecular flexibility index (Phi) is 5.95. The van der Waals surface area contributed by atoms with Crippen LogP contribution in [0, 0.1) is 0 Å². The number of rotatable bonds is 7. The predicted octanol–water partition coefficient (Wildman–Crippen LogP) is 1.94. The minimum atomic E-state index is -0.473. The zero-order valence-electron chi connectivity index (χ0n) is 19.6. The Balaban J connectivity index is 1.27. The number of hydrogen-bond donors (Lipinski definition) is 2. The first kappa shape index (κ1) is 22.9. The number of imidazole rings is 2. The number of aromatic amines is 1. The quantitative estimate of drug-likeness (QED) is 0.337. The van der Waals surface area contributed by atoms with E-state index in [2.05, 4.69) is 14.7 Å². The molecular formula is C24H25N7O3S. The monoisotopic (exact) mass is 491 g/mol. The molecule has 5 rings (SSSR count). The van der Waals surface area contributed by atoms with Crippen LogP contribution in [0.5, 0.6) is 0 Å². The Bertz CT molecular complexity index is 1720. The number of aryl methyl sites for hydroxylation is 3. The third kappa shape index (κ3) is 4.13. The number of nitrogens with zero attached hydrogens (tertiary/aromatic N) is 5. The summed E-state index contributed by atoms with van der Waals surface area (Å²) in [6.07, 6.45) is 1.58. The van der Waals surface area contributed by atoms with Crippen LogP contribution in [-0.4, -0.2) is 28.2 Å². The summed E-state index contributed by atoms with van der Waals surface area (Å²) in [6, 6.07) is 13.9. The lowest BCUT2D eigenvalue weighted by Crippen LogP contribution is -2.31. The van der Waals surface area contributed by atoms with Gasteiger partial charge in [0.2, 0.25) is 0 Å². The molecule has 0 radical (unpaired) electrons. The minimum absolute atomic E-state index is 0.0428. The summed E-state index contributed by atoms with van der Waals surface area (Å²) in [4.78, 5) is 44.5. The zero-order chi connectivity index (χ0) is 24.7. The van der Waals surface area contributed by atoms with E-state index >= 15 is 0 Å². The molecule has 180 valence electrons. The van der Waals surface area contributed by atoms with Gasteiger partial charge in [0.25, 0.3) is 5.56 Å². The third-order valence-corrected chi connectivity index (χ3v) is 6.95. The molecule has 3 heterocycles. The van der Waals surface area contributed by atoms with Crippen LogP contribution in [-0.2, 0) is 33.7 Å². The molecule has 0 aliphatic heterocycles. The Hall–Kier alpha value is -3.83. The number of hydrogen-bond acceptors (Lipinski definition) is 6. The van der Waals surface area contributed by atoms with Crippen LogP contribution in [0.25, 0.3) is 22.2 Å². The van der Waals surface area contributed by atoms with Gasteiger partial charge in [-0.25, -0.2) is 14.6 Å². The summed E-state index contributed by atoms with van der Waals surface area (Å²) < 4.78 is 9.85. The van der Waals surface area contributed by atoms with Crippen molar-refractivity contribution >= 4 is 34.1 Å². The molecule has 0 amide bonds. The average Bonchev–Trinajstić information content (AvgIpc) is 3.38. The van der Waals surface area contributed by atoms with E-state index in [1.807, 2.05) is 49.4 Å². The summed E-state index contributed by atoms with van der Waals surface area (Å²) in [5.74, 6) is 0. The van der Waals surface area contributed by atoms with Gasteiger partial charge in [-0.15, -0.1) is 0 Å². The Morgan fingerprint density at radius 2 is 1.69 bits per heavy atom. The van der Waals surface area contributed by atoms with Crippen molar-refractivity contribution < 1.29 is 0 Å². The molecule has 0 bridgehead atoms. The van der Waals surface area contributed by atoms with Gasteiger partial charge in [0.05, 0.1) is 23.9 Å². The minimum Gasteiger partial charge on any atom is -0.325 e. The predicted molar refractivity (Wildman–Crippen MR) is 137 cm³/mol. The molecule has 0 unspecified atom stereocenters. The van der Waals surface area contributed by atoms with Crippen molar-refractivity contribution in [2.24, 2.45) is 14.1 Å². The normalized spacial score (nSPS) is 11.6. The maximum absolute atomic E-state index is 12.4. The Morgan fingerprint density at radius 3 is 2.43 bits per heavy atom. The Labute approximate surface area is 204 Å². The molecule has 0 spiro atoms. The van der Waals surface area contributed by atoms with Crippen molar-refractivity contribution in [2.45, 2.75) is 31.5 Å². The van der Waals surface area contributed by atoms with Crippen molar-refractivity contribution in [3.05, 3.63) is 91.2 Å². The zero-order valence-corrected chi connectivity index (χ0v) is 20.4. The smallest absolute Gasteiger partial charge is 0.325 e. The number of H-pyrrole nitrogens is 1. The summed E-state index contributed by atoms with van der Waals surface area (Å²) in [6.45, 7) is 3.46. The van der Waals surface area contributed by atoms with E-state index in [-0.39, 0.29) is 5.69 Å².